The molecule has 1 amide bonds. The van der Waals surface area contributed by atoms with Crippen molar-refractivity contribution in [3.63, 3.8) is 0 Å². The molecule has 3 aliphatic heterocycles. The molecule has 3 unspecified atom stereocenters. The molecule has 3 aliphatic rings. The average molecular weight is 509 g/mol. The Kier molecular flexibility index (Phi) is 6.39. The molecule has 0 spiro atoms. The lowest BCUT2D eigenvalue weighted by Crippen LogP contribution is -2.50. The number of anilines is 2. The Morgan fingerprint density at radius 1 is 1.19 bits per heavy atom. The van der Waals surface area contributed by atoms with E-state index in [9.17, 15) is 33.0 Å². The largest absolute Gasteiger partial charge is 0.481 e. The number of carboxylic acids is 1. The van der Waals surface area contributed by atoms with Crippen LogP contribution < -0.4 is 10.2 Å². The van der Waals surface area contributed by atoms with Crippen LogP contribution in [0.3, 0.4) is 0 Å². The summed E-state index contributed by atoms with van der Waals surface area (Å²) in [7, 11) is 0. The number of nitrogens with one attached hydrogen (secondary N) is 1. The number of carboxylic acid groups (broad SMARTS) is 1. The van der Waals surface area contributed by atoms with Crippen molar-refractivity contribution in [3.05, 3.63) is 41.5 Å². The van der Waals surface area contributed by atoms with Gasteiger partial charge in [-0.25, -0.2) is 13.2 Å². The van der Waals surface area contributed by atoms with Gasteiger partial charge in [0.1, 0.15) is 0 Å². The Hall–Kier alpha value is -3.16. The number of benzene rings is 1. The second kappa shape index (κ2) is 9.37. The number of carbonyl (C=O) groups excluding carboxylic acids is 1. The van der Waals surface area contributed by atoms with E-state index in [-0.39, 0.29) is 36.6 Å². The van der Waals surface area contributed by atoms with Crippen LogP contribution in [-0.4, -0.2) is 79.7 Å². The number of aromatic nitrogens is 2. The number of likely N-dealkylation sites (tertiary alicyclic amines) is 1. The molecule has 194 valence electrons. The van der Waals surface area contributed by atoms with Crippen LogP contribution in [0.5, 0.6) is 0 Å². The Bertz CT molecular complexity index is 1170. The second-order valence-electron chi connectivity index (χ2n) is 9.63. The zero-order chi connectivity index (χ0) is 25.7. The Balaban J connectivity index is 1.30. The van der Waals surface area contributed by atoms with Crippen LogP contribution in [0.1, 0.15) is 25.5 Å². The first-order valence-corrected chi connectivity index (χ1v) is 11.8. The highest BCUT2D eigenvalue weighted by atomic mass is 19.2. The fraction of sp³-hybridized carbons (Fsp3) is 0.522. The second-order valence-corrected chi connectivity index (χ2v) is 9.63. The Morgan fingerprint density at radius 2 is 1.92 bits per heavy atom. The summed E-state index contributed by atoms with van der Waals surface area (Å²) in [5.74, 6) is -5.66. The van der Waals surface area contributed by atoms with E-state index in [1.54, 1.807) is 20.7 Å². The molecule has 5 rings (SSSR count). The van der Waals surface area contributed by atoms with Gasteiger partial charge in [0.05, 0.1) is 30.0 Å². The van der Waals surface area contributed by atoms with Gasteiger partial charge in [0.15, 0.2) is 23.8 Å². The maximum absolute atomic E-state index is 13.6. The van der Waals surface area contributed by atoms with E-state index in [4.69, 9.17) is 0 Å². The first kappa shape index (κ1) is 24.5. The van der Waals surface area contributed by atoms with Crippen LogP contribution in [0.2, 0.25) is 0 Å². The number of rotatable bonds is 6. The van der Waals surface area contributed by atoms with Crippen molar-refractivity contribution in [1.82, 2.24) is 19.6 Å². The number of nitrogens with zero attached hydrogens (tertiary/aromatic N) is 5. The summed E-state index contributed by atoms with van der Waals surface area (Å²) in [6.07, 6.45) is 1.10. The van der Waals surface area contributed by atoms with E-state index in [1.807, 2.05) is 6.92 Å². The van der Waals surface area contributed by atoms with Crippen LogP contribution >= 0.6 is 0 Å². The fourth-order valence-electron chi connectivity index (χ4n) is 5.32. The number of hydrogen-bond donors (Lipinski definition) is 3. The zero-order valence-electron chi connectivity index (χ0n) is 19.6. The zero-order valence-corrected chi connectivity index (χ0v) is 19.6. The Morgan fingerprint density at radius 3 is 2.58 bits per heavy atom. The van der Waals surface area contributed by atoms with Gasteiger partial charge in [0, 0.05) is 56.0 Å². The van der Waals surface area contributed by atoms with E-state index in [0.29, 0.717) is 44.0 Å². The molecule has 2 fully saturated rings. The number of hydrogen-bond acceptors (Lipinski definition) is 7. The van der Waals surface area contributed by atoms with Crippen LogP contribution in [-0.2, 0) is 22.7 Å². The summed E-state index contributed by atoms with van der Waals surface area (Å²) < 4.78 is 42.2. The predicted octanol–water partition coefficient (Wildman–Crippen LogP) is 1.40. The molecule has 0 aliphatic carbocycles. The van der Waals surface area contributed by atoms with E-state index in [0.717, 1.165) is 12.1 Å². The van der Waals surface area contributed by atoms with E-state index < -0.39 is 35.7 Å². The number of amides is 1. The molecule has 2 saturated heterocycles. The molecule has 3 N–H and O–H groups in total. The number of carbonyl (C=O) groups is 2. The standard InChI is InChI=1S/C23H27F3N6O4/c1-12-8-32-19(11-30(12)23(36)28-14-4-16(24)21(26)17(25)5-14)18(7-27-32)31-10-15(6-20(31)33)29-3-2-13(9-29)22(34)35/h4-5,7,12-13,15,23,28,36H,2-3,6,8-11H2,1H3,(H,34,35)/t12-,13?,15?,23?/m0/s1. The number of halogens is 3. The van der Waals surface area contributed by atoms with Gasteiger partial charge in [-0.3, -0.25) is 24.1 Å². The van der Waals surface area contributed by atoms with Gasteiger partial charge in [-0.2, -0.15) is 5.10 Å². The molecule has 0 radical (unpaired) electrons. The quantitative estimate of drug-likeness (QED) is 0.397. The summed E-state index contributed by atoms with van der Waals surface area (Å²) in [6, 6.07) is 1.22. The van der Waals surface area contributed by atoms with Crippen molar-refractivity contribution in [2.45, 2.75) is 51.3 Å². The van der Waals surface area contributed by atoms with Crippen LogP contribution in [0, 0.1) is 23.4 Å². The van der Waals surface area contributed by atoms with E-state index in [1.165, 1.54) is 0 Å². The summed E-state index contributed by atoms with van der Waals surface area (Å²) in [6.45, 7) is 3.90. The van der Waals surface area contributed by atoms with Gasteiger partial charge in [0.2, 0.25) is 5.91 Å². The monoisotopic (exact) mass is 508 g/mol. The number of aliphatic hydroxyl groups excluding tert-OH is 1. The molecule has 4 atom stereocenters. The molecule has 1 aromatic heterocycles. The van der Waals surface area contributed by atoms with Crippen LogP contribution in [0.4, 0.5) is 24.5 Å². The maximum atomic E-state index is 13.6. The molecular weight excluding hydrogens is 481 g/mol. The summed E-state index contributed by atoms with van der Waals surface area (Å²) >= 11 is 0. The maximum Gasteiger partial charge on any atom is 0.307 e. The average Bonchev–Trinajstić information content (AvgIpc) is 3.54. The van der Waals surface area contributed by atoms with Crippen molar-refractivity contribution >= 4 is 23.3 Å². The van der Waals surface area contributed by atoms with Gasteiger partial charge >= 0.3 is 5.97 Å². The lowest BCUT2D eigenvalue weighted by molar-refractivity contribution is -0.141. The molecular formula is C23H27F3N6O4. The van der Waals surface area contributed by atoms with Crippen molar-refractivity contribution in [2.24, 2.45) is 5.92 Å². The minimum atomic E-state index is -1.59. The molecule has 1 aromatic carbocycles. The van der Waals surface area contributed by atoms with Gasteiger partial charge in [0.25, 0.3) is 0 Å². The Labute approximate surface area is 204 Å². The minimum absolute atomic E-state index is 0.0873. The third-order valence-electron chi connectivity index (χ3n) is 7.34. The summed E-state index contributed by atoms with van der Waals surface area (Å²) in [5.41, 5.74) is 1.19. The fourth-order valence-corrected chi connectivity index (χ4v) is 5.32. The molecule has 4 heterocycles. The highest BCUT2D eigenvalue weighted by molar-refractivity contribution is 5.96. The van der Waals surface area contributed by atoms with Crippen molar-refractivity contribution in [2.75, 3.05) is 29.9 Å². The third-order valence-corrected chi connectivity index (χ3v) is 7.34. The van der Waals surface area contributed by atoms with Crippen molar-refractivity contribution in [1.29, 1.82) is 0 Å². The summed E-state index contributed by atoms with van der Waals surface area (Å²) in [4.78, 5) is 29.6. The van der Waals surface area contributed by atoms with Gasteiger partial charge in [-0.15, -0.1) is 0 Å². The number of aliphatic carboxylic acids is 1. The lowest BCUT2D eigenvalue weighted by Gasteiger charge is -2.38. The minimum Gasteiger partial charge on any atom is -0.481 e. The highest BCUT2D eigenvalue weighted by Crippen LogP contribution is 2.33. The lowest BCUT2D eigenvalue weighted by atomic mass is 10.1. The molecule has 2 aromatic rings. The molecule has 13 heteroatoms. The SMILES string of the molecule is C[C@H]1Cn2ncc(N3CC(N4CCC(C(=O)O)C4)CC3=O)c2CN1C(O)Nc1cc(F)c(F)c(F)c1. The normalized spacial score (nSPS) is 25.9. The first-order valence-electron chi connectivity index (χ1n) is 11.8. The van der Waals surface area contributed by atoms with Crippen LogP contribution in [0.25, 0.3) is 0 Å². The topological polar surface area (TPSA) is 114 Å². The highest BCUT2D eigenvalue weighted by Gasteiger charge is 2.41. The van der Waals surface area contributed by atoms with Crippen molar-refractivity contribution in [3.8, 4) is 0 Å². The smallest absolute Gasteiger partial charge is 0.307 e. The van der Waals surface area contributed by atoms with Crippen molar-refractivity contribution < 1.29 is 33.0 Å². The van der Waals surface area contributed by atoms with Gasteiger partial charge < -0.3 is 20.4 Å². The molecule has 0 saturated carbocycles. The predicted molar refractivity (Wildman–Crippen MR) is 121 cm³/mol. The van der Waals surface area contributed by atoms with E-state index in [2.05, 4.69) is 15.3 Å². The van der Waals surface area contributed by atoms with Crippen LogP contribution in [0.15, 0.2) is 18.3 Å². The molecule has 10 nitrogen and oxygen atoms in total. The summed E-state index contributed by atoms with van der Waals surface area (Å²) in [5, 5.41) is 27.1. The van der Waals surface area contributed by atoms with Gasteiger partial charge in [-0.1, -0.05) is 0 Å². The van der Waals surface area contributed by atoms with Gasteiger partial charge in [-0.05, 0) is 19.9 Å². The third kappa shape index (κ3) is 4.42. The number of aliphatic hydroxyl groups is 1. The number of fused-ring (bicyclic) bond motifs is 1. The molecule has 0 bridgehead atoms. The first-order chi connectivity index (χ1) is 17.1. The molecule has 36 heavy (non-hydrogen) atoms. The van der Waals surface area contributed by atoms with E-state index >= 15 is 0 Å².